The van der Waals surface area contributed by atoms with Crippen LogP contribution in [0.5, 0.6) is 0 Å². The van der Waals surface area contributed by atoms with Gasteiger partial charge in [-0.25, -0.2) is 0 Å². The van der Waals surface area contributed by atoms with Gasteiger partial charge in [-0.2, -0.15) is 0 Å². The fourth-order valence-corrected chi connectivity index (χ4v) is 2.51. The van der Waals surface area contributed by atoms with Gasteiger partial charge in [-0.15, -0.1) is 12.6 Å². The first-order valence-electron chi connectivity index (χ1n) is 6.40. The minimum Gasteiger partial charge on any atom is -0.138 e. The molecule has 0 heterocycles. The van der Waals surface area contributed by atoms with Crippen LogP contribution in [-0.4, -0.2) is 0 Å². The highest BCUT2D eigenvalue weighted by atomic mass is 32.1. The van der Waals surface area contributed by atoms with Crippen molar-refractivity contribution in [3.05, 3.63) is 71.3 Å². The Labute approximate surface area is 126 Å². The lowest BCUT2D eigenvalue weighted by molar-refractivity contribution is 0.866. The van der Waals surface area contributed by atoms with E-state index in [-0.39, 0.29) is 0 Å². The second-order valence-corrected chi connectivity index (χ2v) is 5.82. The summed E-state index contributed by atoms with van der Waals surface area (Å²) in [7, 11) is 0. The standard InChI is InChI=1S/C17H18S2/c1-12(2)14-9-6-10-15(11-14)17(19)16(18)13-7-4-3-5-8-13/h3-12,18-19H,1-2H3/p+1/b17-16-. The van der Waals surface area contributed by atoms with E-state index in [1.807, 2.05) is 18.2 Å². The highest BCUT2D eigenvalue weighted by molar-refractivity contribution is 7.92. The van der Waals surface area contributed by atoms with Crippen molar-refractivity contribution >= 4 is 35.1 Å². The lowest BCUT2D eigenvalue weighted by Gasteiger charge is -2.07. The molecule has 2 heteroatoms. The predicted octanol–water partition coefficient (Wildman–Crippen LogP) is 4.58. The second kappa shape index (κ2) is 6.36. The molecule has 0 saturated heterocycles. The molecule has 0 N–H and O–H groups in total. The first-order valence-corrected chi connectivity index (χ1v) is 7.35. The summed E-state index contributed by atoms with van der Waals surface area (Å²) >= 11 is 8.37. The molecule has 0 bridgehead atoms. The van der Waals surface area contributed by atoms with Crippen LogP contribution in [0, 0.1) is 0 Å². The largest absolute Gasteiger partial charge is 0.171 e. The number of rotatable bonds is 3. The van der Waals surface area contributed by atoms with Gasteiger partial charge in [-0.1, -0.05) is 56.3 Å². The molecule has 0 atom stereocenters. The van der Waals surface area contributed by atoms with Crippen LogP contribution in [0.15, 0.2) is 54.6 Å². The van der Waals surface area contributed by atoms with Crippen molar-refractivity contribution in [2.75, 3.05) is 0 Å². The molecule has 0 nitrogen and oxygen atoms in total. The summed E-state index contributed by atoms with van der Waals surface area (Å²) in [5.74, 6) is 0.527. The molecule has 0 aliphatic rings. The maximum atomic E-state index is 4.64. The van der Waals surface area contributed by atoms with Gasteiger partial charge in [0.2, 0.25) is 0 Å². The summed E-state index contributed by atoms with van der Waals surface area (Å²) in [5, 5.41) is 0. The van der Waals surface area contributed by atoms with Crippen LogP contribution in [0.2, 0.25) is 0 Å². The topological polar surface area (TPSA) is 0 Å². The van der Waals surface area contributed by atoms with Crippen molar-refractivity contribution in [3.63, 3.8) is 0 Å². The van der Waals surface area contributed by atoms with Gasteiger partial charge in [0, 0.05) is 5.56 Å². The summed E-state index contributed by atoms with van der Waals surface area (Å²) in [5.41, 5.74) is 3.62. The average molecular weight is 287 g/mol. The van der Waals surface area contributed by atoms with Gasteiger partial charge >= 0.3 is 0 Å². The first kappa shape index (κ1) is 14.3. The van der Waals surface area contributed by atoms with E-state index in [0.717, 1.165) is 20.9 Å². The SMILES string of the molecule is CC(C)c1cccc(/C([SH2+])=C(/S)c2ccccc2)c1. The highest BCUT2D eigenvalue weighted by Crippen LogP contribution is 2.29. The molecule has 2 aromatic rings. The van der Waals surface area contributed by atoms with E-state index in [2.05, 4.69) is 75.5 Å². The molecule has 98 valence electrons. The number of hydrogen-bond donors (Lipinski definition) is 1. The number of hydrogen-bond acceptors (Lipinski definition) is 1. The molecule has 2 aromatic carbocycles. The Bertz CT molecular complexity index is 583. The van der Waals surface area contributed by atoms with Gasteiger partial charge in [0.15, 0.2) is 4.91 Å². The molecule has 0 aliphatic carbocycles. The van der Waals surface area contributed by atoms with Gasteiger partial charge < -0.3 is 0 Å². The Morgan fingerprint density at radius 3 is 2.21 bits per heavy atom. The fraction of sp³-hybridized carbons (Fsp3) is 0.176. The van der Waals surface area contributed by atoms with Gasteiger partial charge in [-0.05, 0) is 41.8 Å². The van der Waals surface area contributed by atoms with Gasteiger partial charge in [0.1, 0.15) is 0 Å². The van der Waals surface area contributed by atoms with Crippen LogP contribution >= 0.6 is 12.6 Å². The third-order valence-electron chi connectivity index (χ3n) is 3.13. The maximum absolute atomic E-state index is 4.64. The van der Waals surface area contributed by atoms with Crippen molar-refractivity contribution in [2.45, 2.75) is 19.8 Å². The molecule has 0 aromatic heterocycles. The zero-order valence-corrected chi connectivity index (χ0v) is 13.1. The summed E-state index contributed by atoms with van der Waals surface area (Å²) < 4.78 is 0. The third-order valence-corrected chi connectivity index (χ3v) is 4.36. The Morgan fingerprint density at radius 2 is 1.58 bits per heavy atom. The van der Waals surface area contributed by atoms with E-state index in [1.165, 1.54) is 5.56 Å². The van der Waals surface area contributed by atoms with Crippen molar-refractivity contribution in [1.82, 2.24) is 0 Å². The van der Waals surface area contributed by atoms with Crippen LogP contribution in [0.25, 0.3) is 9.81 Å². The van der Waals surface area contributed by atoms with E-state index >= 15 is 0 Å². The Hall–Kier alpha value is -1.12. The minimum absolute atomic E-state index is 0.527. The van der Waals surface area contributed by atoms with Crippen LogP contribution in [0.1, 0.15) is 36.5 Å². The Morgan fingerprint density at radius 1 is 0.947 bits per heavy atom. The molecule has 0 saturated carbocycles. The molecule has 0 unspecified atom stereocenters. The van der Waals surface area contributed by atoms with E-state index in [0.29, 0.717) is 5.92 Å². The zero-order chi connectivity index (χ0) is 13.8. The summed E-state index contributed by atoms with van der Waals surface area (Å²) in [4.78, 5) is 1.98. The van der Waals surface area contributed by atoms with Crippen LogP contribution < -0.4 is 0 Å². The Kier molecular flexibility index (Phi) is 4.78. The summed E-state index contributed by atoms with van der Waals surface area (Å²) in [6, 6.07) is 18.8. The Balaban J connectivity index is 2.43. The van der Waals surface area contributed by atoms with E-state index in [1.54, 1.807) is 0 Å². The predicted molar refractivity (Wildman–Crippen MR) is 92.9 cm³/mol. The van der Waals surface area contributed by atoms with Crippen LogP contribution in [-0.2, 0) is 12.6 Å². The van der Waals surface area contributed by atoms with Gasteiger partial charge in [-0.3, -0.25) is 0 Å². The molecule has 0 spiro atoms. The molecule has 0 aliphatic heterocycles. The average Bonchev–Trinajstić information content (AvgIpc) is 2.46. The molecular formula is C17H19S2+. The number of thiol groups is 1. The molecule has 0 radical (unpaired) electrons. The van der Waals surface area contributed by atoms with Crippen LogP contribution in [0.3, 0.4) is 0 Å². The maximum Gasteiger partial charge on any atom is 0.171 e. The number of benzene rings is 2. The monoisotopic (exact) mass is 287 g/mol. The molecule has 2 rings (SSSR count). The normalized spacial score (nSPS) is 12.5. The quantitative estimate of drug-likeness (QED) is 0.477. The van der Waals surface area contributed by atoms with Crippen LogP contribution in [0.4, 0.5) is 0 Å². The molecule has 0 amide bonds. The summed E-state index contributed by atoms with van der Waals surface area (Å²) in [6.45, 7) is 4.41. The van der Waals surface area contributed by atoms with Gasteiger partial charge in [0.05, 0.1) is 4.91 Å². The third kappa shape index (κ3) is 3.46. The van der Waals surface area contributed by atoms with Crippen molar-refractivity contribution in [3.8, 4) is 0 Å². The molecule has 0 fully saturated rings. The van der Waals surface area contributed by atoms with Crippen molar-refractivity contribution in [2.24, 2.45) is 0 Å². The smallest absolute Gasteiger partial charge is 0.138 e. The molecular weight excluding hydrogens is 268 g/mol. The fourth-order valence-electron chi connectivity index (χ4n) is 1.93. The van der Waals surface area contributed by atoms with E-state index in [4.69, 9.17) is 0 Å². The van der Waals surface area contributed by atoms with Gasteiger partial charge in [0.25, 0.3) is 0 Å². The summed E-state index contributed by atoms with van der Waals surface area (Å²) in [6.07, 6.45) is 0. The minimum atomic E-state index is 0.527. The second-order valence-electron chi connectivity index (χ2n) is 4.87. The zero-order valence-electron chi connectivity index (χ0n) is 11.2. The lowest BCUT2D eigenvalue weighted by Crippen LogP contribution is -1.90. The van der Waals surface area contributed by atoms with E-state index < -0.39 is 0 Å². The van der Waals surface area contributed by atoms with E-state index in [9.17, 15) is 0 Å². The van der Waals surface area contributed by atoms with Crippen molar-refractivity contribution in [1.29, 1.82) is 0 Å². The molecule has 19 heavy (non-hydrogen) atoms. The highest BCUT2D eigenvalue weighted by Gasteiger charge is 2.11. The first-order chi connectivity index (χ1) is 9.09. The lowest BCUT2D eigenvalue weighted by atomic mass is 10.0. The van der Waals surface area contributed by atoms with Crippen molar-refractivity contribution < 1.29 is 0 Å².